The van der Waals surface area contributed by atoms with Crippen LogP contribution in [0, 0.1) is 11.3 Å². The number of aromatic nitrogens is 1. The Balaban J connectivity index is 1.51. The molecule has 6 heteroatoms. The molecular weight excluding hydrogens is 312 g/mol. The second-order valence-electron chi connectivity index (χ2n) is 5.73. The van der Waals surface area contributed by atoms with Gasteiger partial charge >= 0.3 is 0 Å². The number of nitrogens with one attached hydrogen (secondary N) is 1. The first-order chi connectivity index (χ1) is 11.2. The van der Waals surface area contributed by atoms with Crippen molar-refractivity contribution in [3.63, 3.8) is 0 Å². The van der Waals surface area contributed by atoms with Gasteiger partial charge in [0.05, 0.1) is 12.6 Å². The SMILES string of the molecule is N#CC1CCCN1C(=O)CNCCn1ccc2c(Cl)cccc21. The number of benzene rings is 1. The van der Waals surface area contributed by atoms with Crippen molar-refractivity contribution in [1.82, 2.24) is 14.8 Å². The molecule has 23 heavy (non-hydrogen) atoms. The standard InChI is InChI=1S/C17H19ClN4O/c18-15-4-1-5-16-14(15)6-9-21(16)10-7-20-12-17(23)22-8-2-3-13(22)11-19/h1,4-6,9,13,20H,2-3,7-8,10,12H2. The second kappa shape index (κ2) is 7.03. The Hall–Kier alpha value is -2.03. The summed E-state index contributed by atoms with van der Waals surface area (Å²) in [7, 11) is 0. The Bertz CT molecular complexity index is 749. The van der Waals surface area contributed by atoms with Gasteiger partial charge in [-0.15, -0.1) is 0 Å². The van der Waals surface area contributed by atoms with E-state index in [9.17, 15) is 4.79 Å². The minimum atomic E-state index is -0.250. The monoisotopic (exact) mass is 330 g/mol. The molecule has 1 aliphatic rings. The summed E-state index contributed by atoms with van der Waals surface area (Å²) in [5.74, 6) is 0.00876. The van der Waals surface area contributed by atoms with Gasteiger partial charge in [0.2, 0.25) is 5.91 Å². The lowest BCUT2D eigenvalue weighted by Gasteiger charge is -2.19. The van der Waals surface area contributed by atoms with E-state index in [2.05, 4.69) is 16.0 Å². The Morgan fingerprint density at radius 3 is 3.13 bits per heavy atom. The predicted octanol–water partition coefficient (Wildman–Crippen LogP) is 2.40. The molecule has 3 rings (SSSR count). The number of amides is 1. The van der Waals surface area contributed by atoms with Crippen molar-refractivity contribution in [2.24, 2.45) is 0 Å². The van der Waals surface area contributed by atoms with Gasteiger partial charge in [0.25, 0.3) is 0 Å². The summed E-state index contributed by atoms with van der Waals surface area (Å²) in [6.45, 7) is 2.42. The Kier molecular flexibility index (Phi) is 4.85. The average molecular weight is 331 g/mol. The lowest BCUT2D eigenvalue weighted by molar-refractivity contribution is -0.130. The fraction of sp³-hybridized carbons (Fsp3) is 0.412. The molecule has 1 aromatic carbocycles. The molecule has 1 atom stereocenters. The summed E-state index contributed by atoms with van der Waals surface area (Å²) in [4.78, 5) is 13.8. The van der Waals surface area contributed by atoms with Crippen LogP contribution in [0.25, 0.3) is 10.9 Å². The summed E-state index contributed by atoms with van der Waals surface area (Å²) >= 11 is 6.17. The summed E-state index contributed by atoms with van der Waals surface area (Å²) in [5, 5.41) is 14.0. The highest BCUT2D eigenvalue weighted by Crippen LogP contribution is 2.23. The van der Waals surface area contributed by atoms with Crippen molar-refractivity contribution in [1.29, 1.82) is 5.26 Å². The number of carbonyl (C=O) groups excluding carboxylic acids is 1. The van der Waals surface area contributed by atoms with Gasteiger partial charge in [-0.3, -0.25) is 4.79 Å². The summed E-state index contributed by atoms with van der Waals surface area (Å²) in [6, 6.07) is 9.80. The van der Waals surface area contributed by atoms with Crippen LogP contribution in [-0.2, 0) is 11.3 Å². The minimum absolute atomic E-state index is 0.00876. The average Bonchev–Trinajstić information content (AvgIpc) is 3.19. The second-order valence-corrected chi connectivity index (χ2v) is 6.14. The number of hydrogen-bond acceptors (Lipinski definition) is 3. The molecule has 1 unspecified atom stereocenters. The maximum Gasteiger partial charge on any atom is 0.237 e. The van der Waals surface area contributed by atoms with Gasteiger partial charge in [-0.25, -0.2) is 0 Å². The topological polar surface area (TPSA) is 61.1 Å². The Morgan fingerprint density at radius 2 is 2.30 bits per heavy atom. The van der Waals surface area contributed by atoms with Crippen LogP contribution in [0.3, 0.4) is 0 Å². The fourth-order valence-corrected chi connectivity index (χ4v) is 3.31. The molecule has 2 heterocycles. The lowest BCUT2D eigenvalue weighted by Crippen LogP contribution is -2.41. The van der Waals surface area contributed by atoms with Crippen molar-refractivity contribution < 1.29 is 4.79 Å². The summed E-state index contributed by atoms with van der Waals surface area (Å²) in [5.41, 5.74) is 1.09. The van der Waals surface area contributed by atoms with Crippen molar-refractivity contribution in [3.05, 3.63) is 35.5 Å². The van der Waals surface area contributed by atoms with Crippen LogP contribution in [0.4, 0.5) is 0 Å². The molecule has 1 aliphatic heterocycles. The van der Waals surface area contributed by atoms with E-state index in [1.54, 1.807) is 4.90 Å². The first-order valence-corrected chi connectivity index (χ1v) is 8.21. The lowest BCUT2D eigenvalue weighted by atomic mass is 10.2. The smallest absolute Gasteiger partial charge is 0.237 e. The van der Waals surface area contributed by atoms with Gasteiger partial charge in [-0.1, -0.05) is 17.7 Å². The van der Waals surface area contributed by atoms with E-state index in [0.717, 1.165) is 35.3 Å². The summed E-state index contributed by atoms with van der Waals surface area (Å²) < 4.78 is 2.12. The highest BCUT2D eigenvalue weighted by molar-refractivity contribution is 6.35. The number of rotatable bonds is 5. The minimum Gasteiger partial charge on any atom is -0.346 e. The molecule has 5 nitrogen and oxygen atoms in total. The van der Waals surface area contributed by atoms with Crippen LogP contribution in [-0.4, -0.2) is 41.1 Å². The van der Waals surface area contributed by atoms with E-state index in [-0.39, 0.29) is 18.5 Å². The molecule has 0 saturated carbocycles. The third-order valence-electron chi connectivity index (χ3n) is 4.29. The van der Waals surface area contributed by atoms with Gasteiger partial charge in [0, 0.05) is 41.8 Å². The number of fused-ring (bicyclic) bond motifs is 1. The highest BCUT2D eigenvalue weighted by atomic mass is 35.5. The number of hydrogen-bond donors (Lipinski definition) is 1. The van der Waals surface area contributed by atoms with Gasteiger partial charge in [-0.05, 0) is 31.0 Å². The van der Waals surface area contributed by atoms with Crippen LogP contribution in [0.1, 0.15) is 12.8 Å². The van der Waals surface area contributed by atoms with Crippen LogP contribution < -0.4 is 5.32 Å². The zero-order valence-corrected chi connectivity index (χ0v) is 13.6. The van der Waals surface area contributed by atoms with Gasteiger partial charge in [0.15, 0.2) is 0 Å². The Labute approximate surface area is 140 Å². The number of nitrogens with zero attached hydrogens (tertiary/aromatic N) is 3. The Morgan fingerprint density at radius 1 is 1.43 bits per heavy atom. The zero-order chi connectivity index (χ0) is 16.2. The maximum atomic E-state index is 12.1. The molecule has 0 bridgehead atoms. The third-order valence-corrected chi connectivity index (χ3v) is 4.62. The van der Waals surface area contributed by atoms with E-state index >= 15 is 0 Å². The fourth-order valence-electron chi connectivity index (χ4n) is 3.08. The predicted molar refractivity (Wildman–Crippen MR) is 90.2 cm³/mol. The zero-order valence-electron chi connectivity index (χ0n) is 12.8. The van der Waals surface area contributed by atoms with E-state index in [4.69, 9.17) is 16.9 Å². The van der Waals surface area contributed by atoms with Crippen molar-refractivity contribution >= 4 is 28.4 Å². The number of nitriles is 1. The number of carbonyl (C=O) groups is 1. The molecule has 0 radical (unpaired) electrons. The molecule has 0 spiro atoms. The molecule has 1 aromatic heterocycles. The number of likely N-dealkylation sites (tertiary alicyclic amines) is 1. The normalized spacial score (nSPS) is 17.6. The molecular formula is C17H19ClN4O. The molecule has 1 amide bonds. The van der Waals surface area contributed by atoms with Crippen LogP contribution in [0.5, 0.6) is 0 Å². The van der Waals surface area contributed by atoms with E-state index in [1.165, 1.54) is 0 Å². The van der Waals surface area contributed by atoms with Gasteiger partial charge in [-0.2, -0.15) is 5.26 Å². The summed E-state index contributed by atoms with van der Waals surface area (Å²) in [6.07, 6.45) is 3.71. The van der Waals surface area contributed by atoms with Gasteiger partial charge in [0.1, 0.15) is 6.04 Å². The number of halogens is 1. The molecule has 1 saturated heterocycles. The van der Waals surface area contributed by atoms with Crippen LogP contribution in [0.15, 0.2) is 30.5 Å². The van der Waals surface area contributed by atoms with Gasteiger partial charge < -0.3 is 14.8 Å². The van der Waals surface area contributed by atoms with E-state index in [0.29, 0.717) is 13.1 Å². The first kappa shape index (κ1) is 15.9. The van der Waals surface area contributed by atoms with Crippen LogP contribution >= 0.6 is 11.6 Å². The largest absolute Gasteiger partial charge is 0.346 e. The van der Waals surface area contributed by atoms with E-state index < -0.39 is 0 Å². The third kappa shape index (κ3) is 3.34. The van der Waals surface area contributed by atoms with Crippen molar-refractivity contribution in [2.75, 3.05) is 19.6 Å². The molecule has 2 aromatic rings. The van der Waals surface area contributed by atoms with Crippen LogP contribution in [0.2, 0.25) is 5.02 Å². The quantitative estimate of drug-likeness (QED) is 0.856. The molecule has 1 fully saturated rings. The highest BCUT2D eigenvalue weighted by Gasteiger charge is 2.27. The van der Waals surface area contributed by atoms with Crippen molar-refractivity contribution in [3.8, 4) is 6.07 Å². The molecule has 0 aliphatic carbocycles. The van der Waals surface area contributed by atoms with E-state index in [1.807, 2.05) is 30.5 Å². The molecule has 120 valence electrons. The maximum absolute atomic E-state index is 12.1. The first-order valence-electron chi connectivity index (χ1n) is 7.84. The van der Waals surface area contributed by atoms with Crippen molar-refractivity contribution in [2.45, 2.75) is 25.4 Å². The molecule has 1 N–H and O–H groups in total.